The molecule has 2 unspecified atom stereocenters. The van der Waals surface area contributed by atoms with Crippen LogP contribution in [0.15, 0.2) is 34.6 Å². The van der Waals surface area contributed by atoms with Crippen molar-refractivity contribution in [3.05, 3.63) is 40.9 Å². The van der Waals surface area contributed by atoms with Gasteiger partial charge < -0.3 is 30.1 Å². The average molecular weight is 566 g/mol. The highest BCUT2D eigenvalue weighted by molar-refractivity contribution is 8.01. The molecule has 0 spiro atoms. The van der Waals surface area contributed by atoms with E-state index >= 15 is 0 Å². The molecule has 2 aliphatic heterocycles. The van der Waals surface area contributed by atoms with E-state index in [4.69, 9.17) is 14.6 Å². The van der Waals surface area contributed by atoms with Crippen molar-refractivity contribution >= 4 is 47.3 Å². The van der Waals surface area contributed by atoms with Crippen LogP contribution in [0.5, 0.6) is 11.5 Å². The van der Waals surface area contributed by atoms with Crippen LogP contribution >= 0.6 is 23.5 Å². The molecular weight excluding hydrogens is 542 g/mol. The quantitative estimate of drug-likeness (QED) is 0.180. The predicted octanol–water partition coefficient (Wildman–Crippen LogP) is 0.0133. The van der Waals surface area contributed by atoms with Crippen LogP contribution in [0.2, 0.25) is 0 Å². The van der Waals surface area contributed by atoms with Crippen LogP contribution in [0, 0.1) is 0 Å². The number of nitrogens with zero attached hydrogens (tertiary/aromatic N) is 3. The number of β-lactam (4-membered cyclic amide) rings is 1. The van der Waals surface area contributed by atoms with Crippen molar-refractivity contribution in [2.24, 2.45) is 0 Å². The summed E-state index contributed by atoms with van der Waals surface area (Å²) in [6.45, 7) is 0. The van der Waals surface area contributed by atoms with Crippen LogP contribution in [0.1, 0.15) is 17.5 Å². The van der Waals surface area contributed by atoms with E-state index in [1.54, 1.807) is 0 Å². The molecule has 2 amide bonds. The van der Waals surface area contributed by atoms with Gasteiger partial charge in [-0.2, -0.15) is 0 Å². The molecule has 5 N–H and O–H groups in total. The molecule has 16 heteroatoms. The Morgan fingerprint density at radius 3 is 2.66 bits per heavy atom. The van der Waals surface area contributed by atoms with Gasteiger partial charge in [0, 0.05) is 11.5 Å². The fourth-order valence-corrected chi connectivity index (χ4v) is 6.22. The van der Waals surface area contributed by atoms with Crippen molar-refractivity contribution < 1.29 is 44.0 Å². The monoisotopic (exact) mass is 565 g/mol. The topological polar surface area (TPSA) is 204 Å². The molecule has 0 aliphatic carbocycles. The molecule has 4 rings (SSSR count). The molecule has 38 heavy (non-hydrogen) atoms. The first kappa shape index (κ1) is 27.3. The molecular formula is C22H23N5O9S2. The van der Waals surface area contributed by atoms with Gasteiger partial charge in [-0.1, -0.05) is 17.8 Å². The Balaban J connectivity index is 1.43. The summed E-state index contributed by atoms with van der Waals surface area (Å²) in [6.07, 6.45) is -1.93. The number of benzene rings is 1. The number of H-pyrrole nitrogens is 1. The number of aromatic nitrogens is 3. The Morgan fingerprint density at radius 2 is 2.00 bits per heavy atom. The Bertz CT molecular complexity index is 1310. The van der Waals surface area contributed by atoms with Gasteiger partial charge in [-0.3, -0.25) is 24.4 Å². The van der Waals surface area contributed by atoms with Gasteiger partial charge in [-0.25, -0.2) is 9.78 Å². The molecule has 1 aromatic carbocycles. The third kappa shape index (κ3) is 5.41. The van der Waals surface area contributed by atoms with E-state index < -0.39 is 41.3 Å². The normalized spacial score (nSPS) is 19.3. The number of nitrogens with one attached hydrogen (secondary N) is 2. The minimum Gasteiger partial charge on any atom is -0.493 e. The van der Waals surface area contributed by atoms with Crippen LogP contribution in [0.25, 0.3) is 0 Å². The van der Waals surface area contributed by atoms with Gasteiger partial charge >= 0.3 is 11.9 Å². The second kappa shape index (κ2) is 11.3. The van der Waals surface area contributed by atoms with E-state index in [1.165, 1.54) is 44.2 Å². The summed E-state index contributed by atoms with van der Waals surface area (Å²) >= 11 is 2.38. The first-order valence-electron chi connectivity index (χ1n) is 11.0. The molecule has 1 aromatic heterocycles. The standard InChI is InChI=1S/C22H23N5O9S2/c1-35-11-4-3-9(5-12(11)36-2)17(30)18(31)24-15-19(32)27-16(21(33)34)10(7-37-20(15)27)8-38-22-23-13(25-26-22)6-14(28)29/h3-5,15,17,20,30H,6-8H2,1-2H3,(H,24,31)(H,28,29)(H,33,34)(H,23,25,26)/t15?,17?,20-/m1/s1. The second-order valence-electron chi connectivity index (χ2n) is 8.09. The number of hydrogen-bond donors (Lipinski definition) is 5. The maximum absolute atomic E-state index is 12.9. The maximum Gasteiger partial charge on any atom is 0.352 e. The van der Waals surface area contributed by atoms with Crippen LogP contribution in [0.3, 0.4) is 0 Å². The van der Waals surface area contributed by atoms with Crippen LogP contribution in [-0.4, -0.2) is 96.3 Å². The Labute approximate surface area is 223 Å². The lowest BCUT2D eigenvalue weighted by molar-refractivity contribution is -0.151. The van der Waals surface area contributed by atoms with Crippen molar-refractivity contribution in [3.8, 4) is 11.5 Å². The van der Waals surface area contributed by atoms with Gasteiger partial charge in [-0.05, 0) is 23.3 Å². The average Bonchev–Trinajstić information content (AvgIpc) is 3.35. The molecule has 0 saturated carbocycles. The van der Waals surface area contributed by atoms with E-state index in [2.05, 4.69) is 20.5 Å². The molecule has 1 fully saturated rings. The van der Waals surface area contributed by atoms with E-state index in [9.17, 15) is 29.4 Å². The highest BCUT2D eigenvalue weighted by atomic mass is 32.2. The van der Waals surface area contributed by atoms with Crippen LogP contribution in [0.4, 0.5) is 0 Å². The molecule has 3 atom stereocenters. The number of aliphatic carboxylic acids is 2. The third-order valence-corrected chi connectivity index (χ3v) is 8.00. The third-order valence-electron chi connectivity index (χ3n) is 5.72. The molecule has 2 aromatic rings. The van der Waals surface area contributed by atoms with Crippen molar-refractivity contribution in [2.45, 2.75) is 29.1 Å². The zero-order valence-electron chi connectivity index (χ0n) is 20.0. The zero-order chi connectivity index (χ0) is 27.6. The zero-order valence-corrected chi connectivity index (χ0v) is 21.7. The second-order valence-corrected chi connectivity index (χ2v) is 10.1. The number of aliphatic hydroxyl groups is 1. The Morgan fingerprint density at radius 1 is 1.26 bits per heavy atom. The first-order valence-corrected chi connectivity index (χ1v) is 13.0. The number of hydrogen-bond acceptors (Lipinski definition) is 11. The smallest absolute Gasteiger partial charge is 0.352 e. The van der Waals surface area contributed by atoms with Crippen LogP contribution < -0.4 is 14.8 Å². The summed E-state index contributed by atoms with van der Waals surface area (Å²) in [6, 6.07) is 3.45. The maximum atomic E-state index is 12.9. The molecule has 0 bridgehead atoms. The lowest BCUT2D eigenvalue weighted by Crippen LogP contribution is -2.70. The number of carboxylic acid groups (broad SMARTS) is 2. The molecule has 2 aliphatic rings. The number of fused-ring (bicyclic) bond motifs is 1. The number of ether oxygens (including phenoxy) is 2. The molecule has 3 heterocycles. The van der Waals surface area contributed by atoms with Crippen molar-refractivity contribution in [2.75, 3.05) is 25.7 Å². The fraction of sp³-hybridized carbons (Fsp3) is 0.364. The highest BCUT2D eigenvalue weighted by Gasteiger charge is 2.54. The highest BCUT2D eigenvalue weighted by Crippen LogP contribution is 2.41. The van der Waals surface area contributed by atoms with Gasteiger partial charge in [0.05, 0.1) is 14.2 Å². The van der Waals surface area contributed by atoms with E-state index in [1.807, 2.05) is 0 Å². The van der Waals surface area contributed by atoms with Crippen molar-refractivity contribution in [1.82, 2.24) is 25.4 Å². The number of aliphatic hydroxyl groups excluding tert-OH is 1. The van der Waals surface area contributed by atoms with Crippen LogP contribution in [-0.2, 0) is 25.6 Å². The van der Waals surface area contributed by atoms with Crippen molar-refractivity contribution in [3.63, 3.8) is 0 Å². The molecule has 14 nitrogen and oxygen atoms in total. The van der Waals surface area contributed by atoms with Gasteiger partial charge in [0.2, 0.25) is 5.16 Å². The number of carbonyl (C=O) groups is 4. The number of methoxy groups -OCH3 is 2. The largest absolute Gasteiger partial charge is 0.493 e. The summed E-state index contributed by atoms with van der Waals surface area (Å²) < 4.78 is 10.3. The minimum atomic E-state index is -1.60. The number of carbonyl (C=O) groups excluding carboxylic acids is 2. The van der Waals surface area contributed by atoms with Crippen molar-refractivity contribution in [1.29, 1.82) is 0 Å². The lowest BCUT2D eigenvalue weighted by Gasteiger charge is -2.49. The van der Waals surface area contributed by atoms with E-state index in [-0.39, 0.29) is 40.2 Å². The summed E-state index contributed by atoms with van der Waals surface area (Å²) in [4.78, 5) is 53.7. The van der Waals surface area contributed by atoms with Gasteiger partial charge in [0.15, 0.2) is 17.6 Å². The first-order chi connectivity index (χ1) is 18.1. The molecule has 0 radical (unpaired) electrons. The molecule has 202 valence electrons. The number of rotatable bonds is 11. The summed E-state index contributed by atoms with van der Waals surface area (Å²) in [5.41, 5.74) is 0.499. The number of amides is 2. The van der Waals surface area contributed by atoms with E-state index in [0.29, 0.717) is 17.1 Å². The number of aromatic amines is 1. The van der Waals surface area contributed by atoms with Gasteiger partial charge in [0.25, 0.3) is 11.8 Å². The van der Waals surface area contributed by atoms with E-state index in [0.717, 1.165) is 16.7 Å². The number of thioether (sulfide) groups is 2. The number of carboxylic acids is 2. The summed E-state index contributed by atoms with van der Waals surface area (Å²) in [5, 5.41) is 37.7. The molecule has 1 saturated heterocycles. The Kier molecular flexibility index (Phi) is 8.13. The predicted molar refractivity (Wildman–Crippen MR) is 133 cm³/mol. The minimum absolute atomic E-state index is 0.157. The summed E-state index contributed by atoms with van der Waals surface area (Å²) in [5.74, 6) is -2.49. The summed E-state index contributed by atoms with van der Waals surface area (Å²) in [7, 11) is 2.87. The fourth-order valence-electron chi connectivity index (χ4n) is 3.92. The SMILES string of the molecule is COc1ccc(C(O)C(=O)NC2C(=O)N3C(C(=O)O)=C(CSc4n[nH]c(CC(=O)O)n4)CS[C@H]23)cc1OC. The van der Waals surface area contributed by atoms with Gasteiger partial charge in [0.1, 0.15) is 29.4 Å². The van der Waals surface area contributed by atoms with Gasteiger partial charge in [-0.15, -0.1) is 16.9 Å². The lowest BCUT2D eigenvalue weighted by atomic mass is 10.0. The Hall–Kier alpha value is -3.76.